The topological polar surface area (TPSA) is 109 Å². The van der Waals surface area contributed by atoms with E-state index in [0.29, 0.717) is 19.6 Å². The summed E-state index contributed by atoms with van der Waals surface area (Å²) in [5, 5.41) is 17.3. The molecule has 1 heterocycles. The molecule has 0 saturated heterocycles. The molecule has 0 saturated carbocycles. The normalized spacial score (nSPS) is 11.9. The maximum atomic E-state index is 11.2. The van der Waals surface area contributed by atoms with Gasteiger partial charge in [0, 0.05) is 13.1 Å². The van der Waals surface area contributed by atoms with Gasteiger partial charge in [-0.2, -0.15) is 0 Å². The lowest BCUT2D eigenvalue weighted by Crippen LogP contribution is -2.40. The third-order valence-electron chi connectivity index (χ3n) is 2.61. The number of likely N-dealkylation sites (N-methyl/N-ethyl adjacent to an activating group) is 1. The molecule has 1 amide bonds. The number of carbonyl (C=O) groups is 1. The van der Waals surface area contributed by atoms with Crippen LogP contribution in [0, 0.1) is 0 Å². The number of aliphatic hydroxyl groups is 1. The first-order valence-electron chi connectivity index (χ1n) is 6.21. The number of rotatable bonds is 7. The lowest BCUT2D eigenvalue weighted by Gasteiger charge is -2.27. The van der Waals surface area contributed by atoms with Gasteiger partial charge in [-0.15, -0.1) is 5.10 Å². The number of nitrogen functional groups attached to an aromatic ring is 1. The molecular weight excluding hydrogens is 248 g/mol. The molecule has 0 unspecified atom stereocenters. The van der Waals surface area contributed by atoms with Gasteiger partial charge in [0.2, 0.25) is 0 Å². The van der Waals surface area contributed by atoms with Crippen molar-refractivity contribution in [3.05, 3.63) is 11.9 Å². The number of hydrogen-bond donors (Lipinski definition) is 3. The molecule has 0 atom stereocenters. The van der Waals surface area contributed by atoms with Gasteiger partial charge in [0.05, 0.1) is 18.3 Å². The van der Waals surface area contributed by atoms with Gasteiger partial charge in [0.25, 0.3) is 5.91 Å². The molecule has 0 spiro atoms. The Labute approximate surface area is 112 Å². The standard InChI is InChI=1S/C11H22N6O2/c1-4-16(8-11(2,3)19)5-6-17-7-9(14-15-17)10(18)13-12/h7,19H,4-6,8,12H2,1-3H3,(H,13,18). The fourth-order valence-corrected chi connectivity index (χ4v) is 1.73. The zero-order chi connectivity index (χ0) is 14.5. The number of nitrogens with zero attached hydrogens (tertiary/aromatic N) is 4. The number of amides is 1. The Morgan fingerprint density at radius 1 is 1.63 bits per heavy atom. The summed E-state index contributed by atoms with van der Waals surface area (Å²) in [6.07, 6.45) is 1.54. The van der Waals surface area contributed by atoms with Crippen LogP contribution in [-0.4, -0.2) is 56.1 Å². The Hall–Kier alpha value is -1.51. The number of hydrazine groups is 1. The highest BCUT2D eigenvalue weighted by atomic mass is 16.3. The van der Waals surface area contributed by atoms with Crippen LogP contribution in [0.15, 0.2) is 6.20 Å². The minimum absolute atomic E-state index is 0.188. The molecule has 0 radical (unpaired) electrons. The first kappa shape index (κ1) is 15.5. The molecular formula is C11H22N6O2. The largest absolute Gasteiger partial charge is 0.389 e. The maximum absolute atomic E-state index is 11.2. The van der Waals surface area contributed by atoms with Crippen LogP contribution >= 0.6 is 0 Å². The number of nitrogens with one attached hydrogen (secondary N) is 1. The SMILES string of the molecule is CCN(CCn1cc(C(=O)NN)nn1)CC(C)(C)O. The van der Waals surface area contributed by atoms with E-state index in [4.69, 9.17) is 5.84 Å². The van der Waals surface area contributed by atoms with E-state index >= 15 is 0 Å². The summed E-state index contributed by atoms with van der Waals surface area (Å²) < 4.78 is 1.58. The number of carbonyl (C=O) groups excluding carboxylic acids is 1. The summed E-state index contributed by atoms with van der Waals surface area (Å²) in [4.78, 5) is 13.3. The summed E-state index contributed by atoms with van der Waals surface area (Å²) in [5.74, 6) is 4.55. The zero-order valence-electron chi connectivity index (χ0n) is 11.6. The van der Waals surface area contributed by atoms with Crippen LogP contribution in [-0.2, 0) is 6.54 Å². The van der Waals surface area contributed by atoms with Crippen LogP contribution in [0.3, 0.4) is 0 Å². The lowest BCUT2D eigenvalue weighted by molar-refractivity contribution is 0.0365. The van der Waals surface area contributed by atoms with Gasteiger partial charge in [-0.3, -0.25) is 19.8 Å². The Balaban J connectivity index is 2.51. The summed E-state index contributed by atoms with van der Waals surface area (Å²) in [6.45, 7) is 8.29. The quantitative estimate of drug-likeness (QED) is 0.332. The van der Waals surface area contributed by atoms with Gasteiger partial charge in [0.15, 0.2) is 5.69 Å². The molecule has 0 aromatic carbocycles. The van der Waals surface area contributed by atoms with Crippen molar-refractivity contribution in [1.82, 2.24) is 25.3 Å². The van der Waals surface area contributed by atoms with E-state index in [1.165, 1.54) is 0 Å². The molecule has 8 nitrogen and oxygen atoms in total. The molecule has 0 aliphatic carbocycles. The molecule has 8 heteroatoms. The molecule has 0 fully saturated rings. The molecule has 1 aromatic rings. The molecule has 19 heavy (non-hydrogen) atoms. The van der Waals surface area contributed by atoms with Crippen LogP contribution in [0.4, 0.5) is 0 Å². The van der Waals surface area contributed by atoms with Crippen molar-refractivity contribution < 1.29 is 9.90 Å². The van der Waals surface area contributed by atoms with E-state index in [1.807, 2.05) is 12.3 Å². The minimum atomic E-state index is -0.733. The molecule has 4 N–H and O–H groups in total. The van der Waals surface area contributed by atoms with E-state index in [-0.39, 0.29) is 5.69 Å². The van der Waals surface area contributed by atoms with Crippen molar-refractivity contribution >= 4 is 5.91 Å². The first-order valence-corrected chi connectivity index (χ1v) is 6.21. The third-order valence-corrected chi connectivity index (χ3v) is 2.61. The number of nitrogens with two attached hydrogens (primary N) is 1. The average Bonchev–Trinajstić information content (AvgIpc) is 2.80. The second-order valence-corrected chi connectivity index (χ2v) is 5.02. The van der Waals surface area contributed by atoms with Gasteiger partial charge in [-0.05, 0) is 20.4 Å². The maximum Gasteiger partial charge on any atom is 0.287 e. The second-order valence-electron chi connectivity index (χ2n) is 5.02. The molecule has 1 rings (SSSR count). The van der Waals surface area contributed by atoms with Crippen LogP contribution in [0.1, 0.15) is 31.3 Å². The van der Waals surface area contributed by atoms with Crippen LogP contribution < -0.4 is 11.3 Å². The predicted octanol–water partition coefficient (Wildman–Crippen LogP) is -1.03. The van der Waals surface area contributed by atoms with Crippen molar-refractivity contribution in [3.8, 4) is 0 Å². The highest BCUT2D eigenvalue weighted by molar-refractivity contribution is 5.91. The average molecular weight is 270 g/mol. The Bertz CT molecular complexity index is 412. The molecule has 0 aliphatic rings. The predicted molar refractivity (Wildman–Crippen MR) is 70.1 cm³/mol. The molecule has 1 aromatic heterocycles. The van der Waals surface area contributed by atoms with Gasteiger partial charge < -0.3 is 5.11 Å². The van der Waals surface area contributed by atoms with Gasteiger partial charge in [0.1, 0.15) is 0 Å². The van der Waals surface area contributed by atoms with Crippen LogP contribution in [0.25, 0.3) is 0 Å². The van der Waals surface area contributed by atoms with Crippen molar-refractivity contribution in [3.63, 3.8) is 0 Å². The monoisotopic (exact) mass is 270 g/mol. The van der Waals surface area contributed by atoms with E-state index in [9.17, 15) is 9.90 Å². The Kier molecular flexibility index (Phi) is 5.40. The lowest BCUT2D eigenvalue weighted by atomic mass is 10.1. The minimum Gasteiger partial charge on any atom is -0.389 e. The molecule has 108 valence electrons. The fraction of sp³-hybridized carbons (Fsp3) is 0.727. The Morgan fingerprint density at radius 2 is 2.32 bits per heavy atom. The van der Waals surface area contributed by atoms with E-state index in [2.05, 4.69) is 15.2 Å². The van der Waals surface area contributed by atoms with Crippen molar-refractivity contribution in [1.29, 1.82) is 0 Å². The summed E-state index contributed by atoms with van der Waals surface area (Å²) in [7, 11) is 0. The summed E-state index contributed by atoms with van der Waals surface area (Å²) in [5.41, 5.74) is 1.46. The van der Waals surface area contributed by atoms with E-state index in [0.717, 1.165) is 6.54 Å². The summed E-state index contributed by atoms with van der Waals surface area (Å²) >= 11 is 0. The third kappa shape index (κ3) is 5.33. The molecule has 0 aliphatic heterocycles. The van der Waals surface area contributed by atoms with Gasteiger partial charge in [-0.1, -0.05) is 12.1 Å². The van der Waals surface area contributed by atoms with Crippen molar-refractivity contribution in [2.75, 3.05) is 19.6 Å². The highest BCUT2D eigenvalue weighted by Gasteiger charge is 2.17. The van der Waals surface area contributed by atoms with Crippen LogP contribution in [0.2, 0.25) is 0 Å². The number of aromatic nitrogens is 3. The zero-order valence-corrected chi connectivity index (χ0v) is 11.6. The molecule has 0 bridgehead atoms. The highest BCUT2D eigenvalue weighted by Crippen LogP contribution is 2.04. The van der Waals surface area contributed by atoms with Crippen molar-refractivity contribution in [2.24, 2.45) is 5.84 Å². The van der Waals surface area contributed by atoms with E-state index < -0.39 is 11.5 Å². The second kappa shape index (κ2) is 6.60. The van der Waals surface area contributed by atoms with Gasteiger partial charge in [-0.25, -0.2) is 5.84 Å². The fourth-order valence-electron chi connectivity index (χ4n) is 1.73. The van der Waals surface area contributed by atoms with Crippen molar-refractivity contribution in [2.45, 2.75) is 32.9 Å². The summed E-state index contributed by atoms with van der Waals surface area (Å²) in [6, 6.07) is 0. The smallest absolute Gasteiger partial charge is 0.287 e. The van der Waals surface area contributed by atoms with Crippen LogP contribution in [0.5, 0.6) is 0 Å². The number of hydrogen-bond acceptors (Lipinski definition) is 6. The Morgan fingerprint density at radius 3 is 2.84 bits per heavy atom. The van der Waals surface area contributed by atoms with E-state index in [1.54, 1.807) is 24.7 Å². The first-order chi connectivity index (χ1) is 8.85. The van der Waals surface area contributed by atoms with Gasteiger partial charge >= 0.3 is 0 Å².